The Balaban J connectivity index is 1.86. The van der Waals surface area contributed by atoms with Crippen molar-refractivity contribution in [3.63, 3.8) is 0 Å². The van der Waals surface area contributed by atoms with Crippen molar-refractivity contribution in [1.29, 1.82) is 0 Å². The molecule has 1 fully saturated rings. The second-order valence-electron chi connectivity index (χ2n) is 12.5. The van der Waals surface area contributed by atoms with Gasteiger partial charge in [0.25, 0.3) is 5.91 Å². The van der Waals surface area contributed by atoms with Gasteiger partial charge < -0.3 is 26.2 Å². The Morgan fingerprint density at radius 2 is 1.82 bits per heavy atom. The fourth-order valence-electron chi connectivity index (χ4n) is 6.65. The van der Waals surface area contributed by atoms with Crippen LogP contribution in [0.2, 0.25) is 0 Å². The van der Waals surface area contributed by atoms with Crippen molar-refractivity contribution in [3.8, 4) is 5.75 Å². The highest BCUT2D eigenvalue weighted by Gasteiger charge is 2.64. The molecule has 0 aliphatic heterocycles. The van der Waals surface area contributed by atoms with E-state index in [0.29, 0.717) is 13.1 Å². The zero-order valence-electron chi connectivity index (χ0n) is 23.7. The number of primary amides is 1. The van der Waals surface area contributed by atoms with Gasteiger partial charge in [-0.3, -0.25) is 24.2 Å². The van der Waals surface area contributed by atoms with Gasteiger partial charge >= 0.3 is 0 Å². The molecule has 0 spiro atoms. The standard InChI is InChI=1S/C29H38FN3O7/c1-7-33(12-28(2,3)4)11-14-10-17(34)19-15(21(14)30)8-13-9-16-22(32(5)6)24(36)20(27(31)39)26(38)29(16,40)25(37)18(13)23(19)35/h10,13,16,22,34-35,38,40H,7-9,11-12H2,1-6H3,(H2,31,39)/t13-,16-,22?,29-/m0/s1. The predicted octanol–water partition coefficient (Wildman–Crippen LogP) is 1.97. The molecule has 3 aliphatic rings. The summed E-state index contributed by atoms with van der Waals surface area (Å²) in [6.45, 7) is 9.70. The van der Waals surface area contributed by atoms with Crippen molar-refractivity contribution in [1.82, 2.24) is 9.80 Å². The number of phenols is 1. The molecular weight excluding hydrogens is 521 g/mol. The Hall–Kier alpha value is -3.28. The molecule has 0 heterocycles. The van der Waals surface area contributed by atoms with Crippen LogP contribution < -0.4 is 5.73 Å². The van der Waals surface area contributed by atoms with Crippen molar-refractivity contribution in [2.24, 2.45) is 23.0 Å². The van der Waals surface area contributed by atoms with E-state index >= 15 is 4.39 Å². The number of aromatic hydroxyl groups is 1. The summed E-state index contributed by atoms with van der Waals surface area (Å²) in [5.41, 5.74) is 1.39. The van der Waals surface area contributed by atoms with E-state index in [0.717, 1.165) is 0 Å². The zero-order chi connectivity index (χ0) is 30.1. The number of aliphatic hydroxyl groups excluding tert-OH is 2. The number of benzene rings is 1. The third-order valence-corrected chi connectivity index (χ3v) is 8.27. The van der Waals surface area contributed by atoms with Gasteiger partial charge in [0, 0.05) is 35.7 Å². The Kier molecular flexibility index (Phi) is 7.40. The molecule has 1 aromatic carbocycles. The molecule has 4 rings (SSSR count). The summed E-state index contributed by atoms with van der Waals surface area (Å²) in [6.07, 6.45) is -0.186. The van der Waals surface area contributed by atoms with Gasteiger partial charge in [0.2, 0.25) is 5.78 Å². The predicted molar refractivity (Wildman–Crippen MR) is 145 cm³/mol. The quantitative estimate of drug-likeness (QED) is 0.328. The van der Waals surface area contributed by atoms with Gasteiger partial charge in [-0.2, -0.15) is 0 Å². The van der Waals surface area contributed by atoms with E-state index in [1.165, 1.54) is 25.1 Å². The molecule has 10 nitrogen and oxygen atoms in total. The van der Waals surface area contributed by atoms with Crippen LogP contribution in [0, 0.1) is 23.1 Å². The molecule has 1 amide bonds. The van der Waals surface area contributed by atoms with Gasteiger partial charge in [-0.05, 0) is 50.9 Å². The minimum absolute atomic E-state index is 0.0347. The third-order valence-electron chi connectivity index (χ3n) is 8.27. The van der Waals surface area contributed by atoms with Crippen LogP contribution >= 0.6 is 0 Å². The SMILES string of the molecule is CCN(Cc1cc(O)c2c(c1F)C[C@H]1C[C@H]3C(N(C)C)C(=O)C(C(N)=O)=C(O)[C@@]3(O)C(=O)C1=C2O)CC(C)(C)C. The van der Waals surface area contributed by atoms with E-state index < -0.39 is 69.6 Å². The molecule has 6 N–H and O–H groups in total. The second kappa shape index (κ2) is 9.97. The van der Waals surface area contributed by atoms with Crippen molar-refractivity contribution in [2.75, 3.05) is 27.2 Å². The monoisotopic (exact) mass is 559 g/mol. The highest BCUT2D eigenvalue weighted by Crippen LogP contribution is 2.53. The number of halogens is 1. The van der Waals surface area contributed by atoms with Gasteiger partial charge in [0.15, 0.2) is 11.4 Å². The maximum Gasteiger partial charge on any atom is 0.255 e. The molecule has 0 saturated heterocycles. The summed E-state index contributed by atoms with van der Waals surface area (Å²) in [4.78, 5) is 42.6. The molecule has 0 radical (unpaired) electrons. The van der Waals surface area contributed by atoms with E-state index in [9.17, 15) is 34.8 Å². The highest BCUT2D eigenvalue weighted by atomic mass is 19.1. The van der Waals surface area contributed by atoms with E-state index in [1.807, 2.05) is 11.8 Å². The van der Waals surface area contributed by atoms with Crippen LogP contribution in [0.25, 0.3) is 5.76 Å². The average Bonchev–Trinajstić information content (AvgIpc) is 2.82. The lowest BCUT2D eigenvalue weighted by Gasteiger charge is -2.50. The second-order valence-corrected chi connectivity index (χ2v) is 12.5. The number of Topliss-reactive ketones (excluding diaryl/α,β-unsaturated/α-hetero) is 2. The molecule has 3 aliphatic carbocycles. The number of hydrogen-bond donors (Lipinski definition) is 5. The Bertz CT molecular complexity index is 1360. The minimum atomic E-state index is -2.73. The van der Waals surface area contributed by atoms with Crippen LogP contribution in [-0.4, -0.2) is 86.5 Å². The van der Waals surface area contributed by atoms with E-state index in [1.54, 1.807) is 0 Å². The molecule has 1 aromatic rings. The maximum absolute atomic E-state index is 16.0. The number of ketones is 2. The summed E-state index contributed by atoms with van der Waals surface area (Å²) in [5, 5.41) is 44.7. The normalized spacial score (nSPS) is 26.8. The van der Waals surface area contributed by atoms with Crippen molar-refractivity contribution < 1.29 is 39.2 Å². The number of carbonyl (C=O) groups excluding carboxylic acids is 3. The summed E-state index contributed by atoms with van der Waals surface area (Å²) in [6, 6.07) is 0.0308. The Morgan fingerprint density at radius 3 is 2.35 bits per heavy atom. The first-order chi connectivity index (χ1) is 18.4. The number of amides is 1. The number of rotatable bonds is 6. The summed E-state index contributed by atoms with van der Waals surface area (Å²) < 4.78 is 16.0. The molecule has 4 atom stereocenters. The van der Waals surface area contributed by atoms with Gasteiger partial charge in [-0.25, -0.2) is 4.39 Å². The zero-order valence-corrected chi connectivity index (χ0v) is 23.7. The van der Waals surface area contributed by atoms with Crippen molar-refractivity contribution in [3.05, 3.63) is 45.5 Å². The first-order valence-corrected chi connectivity index (χ1v) is 13.4. The number of fused-ring (bicyclic) bond motifs is 3. The highest BCUT2D eigenvalue weighted by molar-refractivity contribution is 6.24. The molecule has 1 unspecified atom stereocenters. The number of likely N-dealkylation sites (N-methyl/N-ethyl adjacent to an activating group) is 1. The lowest BCUT2D eigenvalue weighted by atomic mass is 9.57. The summed E-state index contributed by atoms with van der Waals surface area (Å²) in [7, 11) is 3.04. The average molecular weight is 560 g/mol. The van der Waals surface area contributed by atoms with Crippen LogP contribution in [0.5, 0.6) is 5.75 Å². The number of carbonyl (C=O) groups is 3. The number of aliphatic hydroxyl groups is 3. The molecule has 0 aromatic heterocycles. The summed E-state index contributed by atoms with van der Waals surface area (Å²) >= 11 is 0. The first-order valence-electron chi connectivity index (χ1n) is 13.4. The molecule has 11 heteroatoms. The fourth-order valence-corrected chi connectivity index (χ4v) is 6.65. The van der Waals surface area contributed by atoms with E-state index in [2.05, 4.69) is 20.8 Å². The lowest BCUT2D eigenvalue weighted by molar-refractivity contribution is -0.153. The fraction of sp³-hybridized carbons (Fsp3) is 0.552. The van der Waals surface area contributed by atoms with Crippen LogP contribution in [0.1, 0.15) is 50.8 Å². The van der Waals surface area contributed by atoms with Crippen molar-refractivity contribution in [2.45, 2.75) is 58.7 Å². The summed E-state index contributed by atoms with van der Waals surface area (Å²) in [5.74, 6) is -8.21. The van der Waals surface area contributed by atoms with Crippen LogP contribution in [0.3, 0.4) is 0 Å². The largest absolute Gasteiger partial charge is 0.508 e. The van der Waals surface area contributed by atoms with Crippen LogP contribution in [-0.2, 0) is 27.3 Å². The van der Waals surface area contributed by atoms with Gasteiger partial charge in [0.05, 0.1) is 11.6 Å². The molecule has 40 heavy (non-hydrogen) atoms. The Morgan fingerprint density at radius 1 is 1.20 bits per heavy atom. The van der Waals surface area contributed by atoms with Crippen LogP contribution in [0.15, 0.2) is 23.0 Å². The topological polar surface area (TPSA) is 165 Å². The van der Waals surface area contributed by atoms with Gasteiger partial charge in [-0.15, -0.1) is 0 Å². The number of phenolic OH excluding ortho intramolecular Hbond substituents is 1. The van der Waals surface area contributed by atoms with Gasteiger partial charge in [0.1, 0.15) is 28.7 Å². The van der Waals surface area contributed by atoms with E-state index in [-0.39, 0.29) is 47.1 Å². The Labute approximate surface area is 232 Å². The number of nitrogens with zero attached hydrogens (tertiary/aromatic N) is 2. The third kappa shape index (κ3) is 4.49. The lowest BCUT2D eigenvalue weighted by Crippen LogP contribution is -2.65. The maximum atomic E-state index is 16.0. The first kappa shape index (κ1) is 29.7. The number of hydrogen-bond acceptors (Lipinski definition) is 9. The molecule has 1 saturated carbocycles. The minimum Gasteiger partial charge on any atom is -0.508 e. The number of nitrogens with two attached hydrogens (primary N) is 1. The molecule has 218 valence electrons. The van der Waals surface area contributed by atoms with Gasteiger partial charge in [-0.1, -0.05) is 27.7 Å². The molecule has 0 bridgehead atoms. The molecular formula is C29H38FN3O7. The van der Waals surface area contributed by atoms with Crippen molar-refractivity contribution >= 4 is 23.2 Å². The van der Waals surface area contributed by atoms with E-state index in [4.69, 9.17) is 5.73 Å². The smallest absolute Gasteiger partial charge is 0.255 e. The van der Waals surface area contributed by atoms with Crippen LogP contribution in [0.4, 0.5) is 4.39 Å².